The van der Waals surface area contributed by atoms with Gasteiger partial charge in [0.2, 0.25) is 17.5 Å². The van der Waals surface area contributed by atoms with Crippen LogP contribution in [0.3, 0.4) is 0 Å². The summed E-state index contributed by atoms with van der Waals surface area (Å²) >= 11 is 0. The fraction of sp³-hybridized carbons (Fsp3) is 0.292. The molecule has 39 heavy (non-hydrogen) atoms. The van der Waals surface area contributed by atoms with Crippen LogP contribution in [-0.2, 0) is 19.1 Å². The lowest BCUT2D eigenvalue weighted by molar-refractivity contribution is -0.278. The summed E-state index contributed by atoms with van der Waals surface area (Å²) in [5, 5.41) is 79.0. The standard InChI is InChI=1S/C24H22O15/c25-9-4-12(28)17-13(5-9)37-22(8-1-2-10(26)11(27)3-8)23(19(17)33)39-24-21(35)20(34)18(32)14(38-24)7-36-16(31)6-15(29)30/h1-5,14,18,20-21,24-28,32,34-35H,6-7H2,(H,29,30)/t14-,18+,20+,21-,24-/m1/s1. The molecule has 0 spiro atoms. The van der Waals surface area contributed by atoms with Gasteiger partial charge in [-0.3, -0.25) is 14.4 Å². The molecule has 0 radical (unpaired) electrons. The first-order valence-corrected chi connectivity index (χ1v) is 11.2. The van der Waals surface area contributed by atoms with Gasteiger partial charge in [0.15, 0.2) is 17.3 Å². The van der Waals surface area contributed by atoms with E-state index in [1.807, 2.05) is 0 Å². The number of aliphatic hydroxyl groups excluding tert-OH is 3. The normalized spacial score (nSPS) is 22.9. The molecule has 1 aromatic heterocycles. The molecule has 0 aliphatic carbocycles. The van der Waals surface area contributed by atoms with Gasteiger partial charge in [0.25, 0.3) is 0 Å². The van der Waals surface area contributed by atoms with Crippen LogP contribution in [0.4, 0.5) is 0 Å². The summed E-state index contributed by atoms with van der Waals surface area (Å²) in [4.78, 5) is 35.7. The second kappa shape index (κ2) is 10.7. The summed E-state index contributed by atoms with van der Waals surface area (Å²) in [6, 6.07) is 5.14. The van der Waals surface area contributed by atoms with E-state index in [0.717, 1.165) is 24.3 Å². The molecule has 0 amide bonds. The maximum absolute atomic E-state index is 13.4. The third-order valence-corrected chi connectivity index (χ3v) is 5.76. The zero-order valence-corrected chi connectivity index (χ0v) is 19.6. The van der Waals surface area contributed by atoms with Crippen molar-refractivity contribution >= 4 is 22.9 Å². The van der Waals surface area contributed by atoms with Crippen molar-refractivity contribution in [3.8, 4) is 40.1 Å². The molecule has 8 N–H and O–H groups in total. The molecule has 15 heteroatoms. The number of carbonyl (C=O) groups excluding carboxylic acids is 1. The molecule has 0 unspecified atom stereocenters. The van der Waals surface area contributed by atoms with Gasteiger partial charge in [-0.2, -0.15) is 0 Å². The van der Waals surface area contributed by atoms with Crippen molar-refractivity contribution in [2.45, 2.75) is 37.1 Å². The third kappa shape index (κ3) is 5.51. The zero-order valence-electron chi connectivity index (χ0n) is 19.6. The Morgan fingerprint density at radius 1 is 0.897 bits per heavy atom. The number of phenols is 4. The Labute approximate surface area is 216 Å². The van der Waals surface area contributed by atoms with Crippen LogP contribution >= 0.6 is 0 Å². The van der Waals surface area contributed by atoms with E-state index >= 15 is 0 Å². The molecular weight excluding hydrogens is 528 g/mol. The van der Waals surface area contributed by atoms with Gasteiger partial charge in [0.05, 0.1) is 0 Å². The second-order valence-electron chi connectivity index (χ2n) is 8.52. The summed E-state index contributed by atoms with van der Waals surface area (Å²) in [5.74, 6) is -6.09. The third-order valence-electron chi connectivity index (χ3n) is 5.76. The minimum atomic E-state index is -1.99. The largest absolute Gasteiger partial charge is 0.508 e. The first-order chi connectivity index (χ1) is 18.4. The molecule has 1 aliphatic heterocycles. The van der Waals surface area contributed by atoms with Crippen molar-refractivity contribution in [3.05, 3.63) is 40.6 Å². The fourth-order valence-corrected chi connectivity index (χ4v) is 3.85. The van der Waals surface area contributed by atoms with Crippen LogP contribution < -0.4 is 10.2 Å². The number of phenolic OH excluding ortho intramolecular Hbond substituents is 4. The number of esters is 1. The maximum atomic E-state index is 13.4. The minimum Gasteiger partial charge on any atom is -0.508 e. The molecule has 3 aromatic rings. The van der Waals surface area contributed by atoms with Crippen LogP contribution in [0.1, 0.15) is 6.42 Å². The van der Waals surface area contributed by atoms with E-state index in [-0.39, 0.29) is 11.1 Å². The Morgan fingerprint density at radius 2 is 1.62 bits per heavy atom. The SMILES string of the molecule is O=C(O)CC(=O)OC[C@H]1O[C@H](Oc2c(-c3ccc(O)c(O)c3)oc3cc(O)cc(O)c3c2=O)[C@H](O)[C@@H](O)[C@H]1O. The summed E-state index contributed by atoms with van der Waals surface area (Å²) in [5.41, 5.74) is -1.40. The van der Waals surface area contributed by atoms with Gasteiger partial charge in [0, 0.05) is 17.7 Å². The average Bonchev–Trinajstić information content (AvgIpc) is 2.85. The number of carbonyl (C=O) groups is 2. The van der Waals surface area contributed by atoms with E-state index in [1.54, 1.807) is 0 Å². The smallest absolute Gasteiger partial charge is 0.317 e. The maximum Gasteiger partial charge on any atom is 0.317 e. The lowest BCUT2D eigenvalue weighted by Gasteiger charge is -2.39. The van der Waals surface area contributed by atoms with Crippen molar-refractivity contribution < 1.29 is 69.1 Å². The number of carboxylic acids is 1. The van der Waals surface area contributed by atoms with Gasteiger partial charge in [-0.1, -0.05) is 0 Å². The molecule has 15 nitrogen and oxygen atoms in total. The number of aliphatic hydroxyl groups is 3. The number of benzene rings is 2. The molecule has 208 valence electrons. The van der Waals surface area contributed by atoms with Gasteiger partial charge in [-0.05, 0) is 18.2 Å². The highest BCUT2D eigenvalue weighted by Gasteiger charge is 2.46. The van der Waals surface area contributed by atoms with Gasteiger partial charge in [-0.25, -0.2) is 0 Å². The quantitative estimate of drug-likeness (QED) is 0.105. The number of fused-ring (bicyclic) bond motifs is 1. The second-order valence-corrected chi connectivity index (χ2v) is 8.52. The first-order valence-electron chi connectivity index (χ1n) is 11.2. The number of aromatic hydroxyl groups is 4. The predicted molar refractivity (Wildman–Crippen MR) is 125 cm³/mol. The van der Waals surface area contributed by atoms with Gasteiger partial charge < -0.3 is 59.5 Å². The number of carboxylic acid groups (broad SMARTS) is 1. The predicted octanol–water partition coefficient (Wildman–Crippen LogP) is -0.513. The lowest BCUT2D eigenvalue weighted by atomic mass is 9.99. The molecule has 4 rings (SSSR count). The number of aliphatic carboxylic acids is 1. The number of rotatable bonds is 7. The zero-order chi connectivity index (χ0) is 28.6. The molecule has 0 bridgehead atoms. The Balaban J connectivity index is 1.76. The number of hydrogen-bond acceptors (Lipinski definition) is 14. The summed E-state index contributed by atoms with van der Waals surface area (Å²) in [6.45, 7) is -0.762. The van der Waals surface area contributed by atoms with Gasteiger partial charge in [-0.15, -0.1) is 0 Å². The lowest BCUT2D eigenvalue weighted by Crippen LogP contribution is -2.60. The molecule has 1 aliphatic rings. The molecule has 0 saturated carbocycles. The Morgan fingerprint density at radius 3 is 2.28 bits per heavy atom. The molecule has 1 saturated heterocycles. The van der Waals surface area contributed by atoms with Crippen LogP contribution in [0, 0.1) is 0 Å². The molecule has 2 heterocycles. The van der Waals surface area contributed by atoms with Crippen molar-refractivity contribution in [1.29, 1.82) is 0 Å². The van der Waals surface area contributed by atoms with Crippen molar-refractivity contribution in [3.63, 3.8) is 0 Å². The van der Waals surface area contributed by atoms with E-state index in [2.05, 4.69) is 0 Å². The number of hydrogen-bond donors (Lipinski definition) is 8. The van der Waals surface area contributed by atoms with E-state index < -0.39 is 101 Å². The molecular formula is C24H22O15. The highest BCUT2D eigenvalue weighted by molar-refractivity contribution is 5.90. The highest BCUT2D eigenvalue weighted by Crippen LogP contribution is 2.39. The fourth-order valence-electron chi connectivity index (χ4n) is 3.85. The topological polar surface area (TPSA) is 254 Å². The van der Waals surface area contributed by atoms with Crippen LogP contribution in [0.25, 0.3) is 22.3 Å². The van der Waals surface area contributed by atoms with E-state index in [4.69, 9.17) is 23.7 Å². The summed E-state index contributed by atoms with van der Waals surface area (Å²) in [6.07, 6.45) is -10.2. The van der Waals surface area contributed by atoms with Crippen LogP contribution in [0.15, 0.2) is 39.5 Å². The Kier molecular flexibility index (Phi) is 7.51. The van der Waals surface area contributed by atoms with Gasteiger partial charge in [0.1, 0.15) is 59.9 Å². The van der Waals surface area contributed by atoms with Gasteiger partial charge >= 0.3 is 11.9 Å². The van der Waals surface area contributed by atoms with Crippen LogP contribution in [0.5, 0.6) is 28.7 Å². The van der Waals surface area contributed by atoms with Crippen LogP contribution in [-0.4, -0.2) is 90.1 Å². The van der Waals surface area contributed by atoms with Crippen molar-refractivity contribution in [2.75, 3.05) is 6.61 Å². The summed E-state index contributed by atoms with van der Waals surface area (Å²) < 4.78 is 21.4. The molecule has 2 aromatic carbocycles. The summed E-state index contributed by atoms with van der Waals surface area (Å²) in [7, 11) is 0. The average molecular weight is 550 g/mol. The van der Waals surface area contributed by atoms with Crippen LogP contribution in [0.2, 0.25) is 0 Å². The molecule has 5 atom stereocenters. The first kappa shape index (κ1) is 27.5. The van der Waals surface area contributed by atoms with E-state index in [1.165, 1.54) is 6.07 Å². The van der Waals surface area contributed by atoms with Crippen molar-refractivity contribution in [1.82, 2.24) is 0 Å². The highest BCUT2D eigenvalue weighted by atomic mass is 16.7. The van der Waals surface area contributed by atoms with E-state index in [9.17, 15) is 50.1 Å². The monoisotopic (exact) mass is 550 g/mol. The van der Waals surface area contributed by atoms with Crippen molar-refractivity contribution in [2.24, 2.45) is 0 Å². The van der Waals surface area contributed by atoms with E-state index in [0.29, 0.717) is 0 Å². The Bertz CT molecular complexity index is 1480. The number of ether oxygens (including phenoxy) is 3. The minimum absolute atomic E-state index is 0.0489. The Hall–Kier alpha value is -4.57. The molecule has 1 fully saturated rings.